The van der Waals surface area contributed by atoms with Gasteiger partial charge in [0.05, 0.1) is 23.4 Å². The van der Waals surface area contributed by atoms with Crippen LogP contribution in [0, 0.1) is 6.92 Å². The van der Waals surface area contributed by atoms with E-state index in [-0.39, 0.29) is 18.5 Å². The number of pyridine rings is 2. The van der Waals surface area contributed by atoms with Gasteiger partial charge in [0, 0.05) is 64.4 Å². The van der Waals surface area contributed by atoms with Gasteiger partial charge >= 0.3 is 6.03 Å². The van der Waals surface area contributed by atoms with Crippen LogP contribution in [0.3, 0.4) is 0 Å². The van der Waals surface area contributed by atoms with Crippen molar-refractivity contribution in [3.63, 3.8) is 0 Å². The van der Waals surface area contributed by atoms with Crippen molar-refractivity contribution in [3.05, 3.63) is 87.9 Å². The molecule has 2 saturated carbocycles. The van der Waals surface area contributed by atoms with E-state index in [1.165, 1.54) is 22.4 Å². The van der Waals surface area contributed by atoms with Crippen LogP contribution in [-0.4, -0.2) is 54.8 Å². The SMILES string of the molecule is Cc1ccnc([C@H]2C[C@@H]2c2cc(Br)c3ccc(NCc4cn5cc(C6CC6)cc(N6CC(=O)N(C)C6=O)c5n4)cc3n2)n1. The minimum Gasteiger partial charge on any atom is -0.379 e. The fourth-order valence-corrected chi connectivity index (χ4v) is 6.58. The largest absolute Gasteiger partial charge is 0.379 e. The summed E-state index contributed by atoms with van der Waals surface area (Å²) in [6.45, 7) is 2.52. The number of halogens is 1. The van der Waals surface area contributed by atoms with Gasteiger partial charge in [-0.05, 0) is 74.1 Å². The lowest BCUT2D eigenvalue weighted by Crippen LogP contribution is -2.30. The van der Waals surface area contributed by atoms with Crippen molar-refractivity contribution in [3.8, 4) is 0 Å². The third kappa shape index (κ3) is 4.71. The smallest absolute Gasteiger partial charge is 0.331 e. The maximum Gasteiger partial charge on any atom is 0.331 e. The number of imidazole rings is 1. The molecule has 0 spiro atoms. The van der Waals surface area contributed by atoms with Crippen LogP contribution in [0.5, 0.6) is 0 Å². The lowest BCUT2D eigenvalue weighted by molar-refractivity contribution is -0.123. The average Bonchev–Trinajstić information content (AvgIpc) is 3.93. The highest BCUT2D eigenvalue weighted by Gasteiger charge is 2.43. The zero-order valence-electron chi connectivity index (χ0n) is 23.8. The van der Waals surface area contributed by atoms with Gasteiger partial charge < -0.3 is 9.72 Å². The van der Waals surface area contributed by atoms with E-state index in [0.717, 1.165) is 63.2 Å². The van der Waals surface area contributed by atoms with E-state index in [1.807, 2.05) is 41.9 Å². The minimum absolute atomic E-state index is 0.0286. The van der Waals surface area contributed by atoms with Crippen molar-refractivity contribution < 1.29 is 9.59 Å². The highest BCUT2D eigenvalue weighted by Crippen LogP contribution is 2.53. The summed E-state index contributed by atoms with van der Waals surface area (Å²) in [5.74, 6) is 1.78. The van der Waals surface area contributed by atoms with Crippen LogP contribution in [0.1, 0.15) is 65.5 Å². The fourth-order valence-electron chi connectivity index (χ4n) is 6.01. The van der Waals surface area contributed by atoms with Gasteiger partial charge in [-0.25, -0.2) is 19.7 Å². The number of benzene rings is 1. The molecule has 11 heteroatoms. The van der Waals surface area contributed by atoms with E-state index < -0.39 is 0 Å². The quantitative estimate of drug-likeness (QED) is 0.221. The van der Waals surface area contributed by atoms with Gasteiger partial charge in [0.15, 0.2) is 5.65 Å². The molecule has 216 valence electrons. The highest BCUT2D eigenvalue weighted by atomic mass is 79.9. The van der Waals surface area contributed by atoms with Gasteiger partial charge in [0.2, 0.25) is 5.91 Å². The molecular formula is C32H29BrN8O2. The number of rotatable bonds is 7. The molecule has 2 atom stereocenters. The number of hydrogen-bond acceptors (Lipinski definition) is 7. The van der Waals surface area contributed by atoms with E-state index in [2.05, 4.69) is 55.6 Å². The van der Waals surface area contributed by atoms with Crippen LogP contribution in [0.15, 0.2) is 59.5 Å². The molecule has 0 bridgehead atoms. The summed E-state index contributed by atoms with van der Waals surface area (Å²) < 4.78 is 3.01. The van der Waals surface area contributed by atoms with Gasteiger partial charge in [0.25, 0.3) is 0 Å². The molecule has 0 radical (unpaired) electrons. The van der Waals surface area contributed by atoms with Crippen molar-refractivity contribution in [1.29, 1.82) is 0 Å². The summed E-state index contributed by atoms with van der Waals surface area (Å²) in [6.07, 6.45) is 9.20. The molecule has 5 aromatic rings. The fraction of sp³-hybridized carbons (Fsp3) is 0.312. The third-order valence-corrected chi connectivity index (χ3v) is 9.35. The van der Waals surface area contributed by atoms with Crippen molar-refractivity contribution in [1.82, 2.24) is 29.2 Å². The minimum atomic E-state index is -0.319. The molecule has 2 aliphatic carbocycles. The number of nitrogens with one attached hydrogen (secondary N) is 1. The van der Waals surface area contributed by atoms with Gasteiger partial charge in [-0.2, -0.15) is 0 Å². The molecule has 3 amide bonds. The normalized spacial score (nSPS) is 20.1. The monoisotopic (exact) mass is 636 g/mol. The molecule has 1 N–H and O–H groups in total. The Bertz CT molecular complexity index is 1970. The van der Waals surface area contributed by atoms with E-state index in [4.69, 9.17) is 9.97 Å². The number of fused-ring (bicyclic) bond motifs is 2. The second-order valence-corrected chi connectivity index (χ2v) is 12.7. The molecule has 4 aromatic heterocycles. The lowest BCUT2D eigenvalue weighted by Gasteiger charge is -2.17. The predicted octanol–water partition coefficient (Wildman–Crippen LogP) is 5.90. The standard InChI is InChI=1S/C32H29BrN8O2/c1-17-7-8-34-30(36-17)24-11-23(24)27-12-25(33)22-6-5-20(10-26(22)38-27)35-13-21-15-40-14-19(18-3-4-18)9-28(31(40)37-21)41-16-29(42)39(2)32(41)43/h5-10,12,14-15,18,23-24,35H,3-4,11,13,16H2,1-2H3/t23-,24-/m0/s1. The van der Waals surface area contributed by atoms with Gasteiger partial charge in [-0.3, -0.25) is 19.6 Å². The van der Waals surface area contributed by atoms with E-state index in [1.54, 1.807) is 0 Å². The zero-order chi connectivity index (χ0) is 29.4. The first kappa shape index (κ1) is 26.3. The van der Waals surface area contributed by atoms with Crippen LogP contribution in [0.2, 0.25) is 0 Å². The Morgan fingerprint density at radius 3 is 2.65 bits per heavy atom. The summed E-state index contributed by atoms with van der Waals surface area (Å²) in [7, 11) is 1.52. The molecule has 1 aliphatic heterocycles. The molecule has 8 rings (SSSR count). The molecule has 1 saturated heterocycles. The molecule has 3 fully saturated rings. The van der Waals surface area contributed by atoms with Crippen molar-refractivity contribution in [2.75, 3.05) is 23.8 Å². The number of imide groups is 1. The van der Waals surface area contributed by atoms with E-state index in [0.29, 0.717) is 35.6 Å². The van der Waals surface area contributed by atoms with Gasteiger partial charge in [0.1, 0.15) is 12.4 Å². The van der Waals surface area contributed by atoms with Crippen LogP contribution in [-0.2, 0) is 11.3 Å². The van der Waals surface area contributed by atoms with Crippen molar-refractivity contribution >= 4 is 55.8 Å². The first-order chi connectivity index (χ1) is 20.8. The number of likely N-dealkylation sites (N-methyl/N-ethyl adjacent to an activating group) is 1. The molecule has 5 heterocycles. The van der Waals surface area contributed by atoms with E-state index in [9.17, 15) is 9.59 Å². The van der Waals surface area contributed by atoms with Crippen LogP contribution >= 0.6 is 15.9 Å². The number of aromatic nitrogens is 5. The summed E-state index contributed by atoms with van der Waals surface area (Å²) in [4.78, 5) is 46.9. The number of anilines is 2. The Balaban J connectivity index is 1.05. The summed E-state index contributed by atoms with van der Waals surface area (Å²) in [5, 5.41) is 4.56. The Morgan fingerprint density at radius 2 is 1.88 bits per heavy atom. The summed E-state index contributed by atoms with van der Waals surface area (Å²) in [5.41, 5.74) is 7.24. The Kier molecular flexibility index (Phi) is 6.01. The van der Waals surface area contributed by atoms with Crippen LogP contribution in [0.25, 0.3) is 16.6 Å². The number of nitrogens with zero attached hydrogens (tertiary/aromatic N) is 7. The number of hydrogen-bond donors (Lipinski definition) is 1. The zero-order valence-corrected chi connectivity index (χ0v) is 25.4. The topological polar surface area (TPSA) is 109 Å². The molecule has 10 nitrogen and oxygen atoms in total. The predicted molar refractivity (Wildman–Crippen MR) is 166 cm³/mol. The van der Waals surface area contributed by atoms with Crippen molar-refractivity contribution in [2.45, 2.75) is 50.5 Å². The number of aryl methyl sites for hydroxylation is 1. The van der Waals surface area contributed by atoms with Crippen LogP contribution in [0.4, 0.5) is 16.2 Å². The Labute approximate surface area is 256 Å². The summed E-state index contributed by atoms with van der Waals surface area (Å²) >= 11 is 3.76. The maximum atomic E-state index is 12.8. The second kappa shape index (κ2) is 9.84. The molecule has 43 heavy (non-hydrogen) atoms. The number of amides is 3. The van der Waals surface area contributed by atoms with E-state index >= 15 is 0 Å². The van der Waals surface area contributed by atoms with Gasteiger partial charge in [-0.15, -0.1) is 0 Å². The molecule has 0 unspecified atom stereocenters. The highest BCUT2D eigenvalue weighted by molar-refractivity contribution is 9.10. The average molecular weight is 638 g/mol. The number of carbonyl (C=O) groups excluding carboxylic acids is 2. The molecule has 1 aromatic carbocycles. The van der Waals surface area contributed by atoms with Gasteiger partial charge in [-0.1, -0.05) is 15.9 Å². The lowest BCUT2D eigenvalue weighted by atomic mass is 10.1. The first-order valence-electron chi connectivity index (χ1n) is 14.6. The molecule has 3 aliphatic rings. The Morgan fingerprint density at radius 1 is 1.02 bits per heavy atom. The third-order valence-electron chi connectivity index (χ3n) is 8.70. The number of urea groups is 1. The first-order valence-corrected chi connectivity index (χ1v) is 15.3. The van der Waals surface area contributed by atoms with Crippen LogP contribution < -0.4 is 10.2 Å². The second-order valence-electron chi connectivity index (χ2n) is 11.8. The summed E-state index contributed by atoms with van der Waals surface area (Å²) in [6, 6.07) is 11.9. The van der Waals surface area contributed by atoms with Crippen molar-refractivity contribution in [2.24, 2.45) is 0 Å². The maximum absolute atomic E-state index is 12.8. The number of carbonyl (C=O) groups is 2. The Hall–Kier alpha value is -4.38. The molecular weight excluding hydrogens is 608 g/mol.